The van der Waals surface area contributed by atoms with Gasteiger partial charge in [0.15, 0.2) is 0 Å². The van der Waals surface area contributed by atoms with Crippen LogP contribution in [0, 0.1) is 11.7 Å². The number of methoxy groups -OCH3 is 1. The molecular weight excluding hydrogens is 437 g/mol. The van der Waals surface area contributed by atoms with Crippen LogP contribution in [0.25, 0.3) is 10.9 Å². The van der Waals surface area contributed by atoms with Crippen molar-refractivity contribution in [3.63, 3.8) is 0 Å². The fraction of sp³-hybridized carbons (Fsp3) is 0.615. The minimum absolute atomic E-state index is 0.250. The van der Waals surface area contributed by atoms with Gasteiger partial charge in [-0.05, 0) is 50.3 Å². The predicted molar refractivity (Wildman–Crippen MR) is 131 cm³/mol. The summed E-state index contributed by atoms with van der Waals surface area (Å²) in [6, 6.07) is 5.81. The van der Waals surface area contributed by atoms with Crippen LogP contribution in [0.1, 0.15) is 57.1 Å². The molecule has 2 aliphatic rings. The first kappa shape index (κ1) is 26.3. The van der Waals surface area contributed by atoms with E-state index < -0.39 is 11.9 Å². The summed E-state index contributed by atoms with van der Waals surface area (Å²) >= 11 is 0. The van der Waals surface area contributed by atoms with Crippen molar-refractivity contribution in [2.45, 2.75) is 57.6 Å². The summed E-state index contributed by atoms with van der Waals surface area (Å²) in [5.74, 6) is 1.05. The number of benzene rings is 1. The van der Waals surface area contributed by atoms with Crippen molar-refractivity contribution >= 4 is 17.4 Å². The van der Waals surface area contributed by atoms with Crippen molar-refractivity contribution in [3.05, 3.63) is 35.8 Å². The third-order valence-corrected chi connectivity index (χ3v) is 7.18. The van der Waals surface area contributed by atoms with Gasteiger partial charge in [0.05, 0.1) is 24.9 Å². The number of aliphatic hydroxyl groups is 1. The SMILES string of the molecule is COc1ccc2ncc(F)c(C(O)CCN3CCN(CC4CCCCC4)CC3C)c2c1.O=CO. The summed E-state index contributed by atoms with van der Waals surface area (Å²) in [4.78, 5) is 17.6. The maximum atomic E-state index is 14.6. The van der Waals surface area contributed by atoms with Gasteiger partial charge in [0, 0.05) is 49.7 Å². The molecule has 1 saturated carbocycles. The van der Waals surface area contributed by atoms with E-state index in [4.69, 9.17) is 14.6 Å². The number of fused-ring (bicyclic) bond motifs is 1. The third-order valence-electron chi connectivity index (χ3n) is 7.18. The van der Waals surface area contributed by atoms with E-state index in [1.54, 1.807) is 25.3 Å². The maximum absolute atomic E-state index is 14.6. The molecule has 0 spiro atoms. The highest BCUT2D eigenvalue weighted by molar-refractivity contribution is 5.84. The molecule has 4 rings (SSSR count). The zero-order chi connectivity index (χ0) is 24.5. The largest absolute Gasteiger partial charge is 0.497 e. The number of pyridine rings is 1. The number of nitrogens with zero attached hydrogens (tertiary/aromatic N) is 3. The number of carbonyl (C=O) groups is 1. The fourth-order valence-electron chi connectivity index (χ4n) is 5.37. The first-order chi connectivity index (χ1) is 16.5. The first-order valence-corrected chi connectivity index (χ1v) is 12.3. The molecule has 1 aromatic carbocycles. The quantitative estimate of drug-likeness (QED) is 0.583. The van der Waals surface area contributed by atoms with Gasteiger partial charge in [-0.2, -0.15) is 0 Å². The lowest BCUT2D eigenvalue weighted by atomic mass is 9.88. The van der Waals surface area contributed by atoms with Crippen LogP contribution in [-0.4, -0.2) is 77.3 Å². The number of rotatable bonds is 7. The van der Waals surface area contributed by atoms with Crippen LogP contribution < -0.4 is 4.74 Å². The zero-order valence-corrected chi connectivity index (χ0v) is 20.3. The Morgan fingerprint density at radius 2 is 2.00 bits per heavy atom. The van der Waals surface area contributed by atoms with Crippen LogP contribution in [-0.2, 0) is 4.79 Å². The molecule has 1 saturated heterocycles. The summed E-state index contributed by atoms with van der Waals surface area (Å²) in [7, 11) is 1.58. The van der Waals surface area contributed by atoms with Gasteiger partial charge in [0.2, 0.25) is 0 Å². The van der Waals surface area contributed by atoms with Crippen molar-refractivity contribution in [2.24, 2.45) is 5.92 Å². The summed E-state index contributed by atoms with van der Waals surface area (Å²) < 4.78 is 19.9. The molecule has 2 unspecified atom stereocenters. The second kappa shape index (κ2) is 13.0. The highest BCUT2D eigenvalue weighted by atomic mass is 19.1. The molecule has 1 aliphatic heterocycles. The molecule has 34 heavy (non-hydrogen) atoms. The van der Waals surface area contributed by atoms with Crippen LogP contribution in [0.3, 0.4) is 0 Å². The van der Waals surface area contributed by atoms with Crippen LogP contribution in [0.4, 0.5) is 4.39 Å². The van der Waals surface area contributed by atoms with Gasteiger partial charge >= 0.3 is 0 Å². The maximum Gasteiger partial charge on any atom is 0.290 e. The van der Waals surface area contributed by atoms with E-state index >= 15 is 0 Å². The lowest BCUT2D eigenvalue weighted by Gasteiger charge is -2.41. The number of carboxylic acid groups (broad SMARTS) is 1. The van der Waals surface area contributed by atoms with Crippen molar-refractivity contribution in [1.29, 1.82) is 0 Å². The lowest BCUT2D eigenvalue weighted by molar-refractivity contribution is -0.122. The van der Waals surface area contributed by atoms with Gasteiger partial charge in [-0.3, -0.25) is 14.7 Å². The molecule has 0 bridgehead atoms. The standard InChI is InChI=1S/C25H36FN3O2.CH2O2/c1-18-16-28(17-19-6-4-3-5-7-19)12-13-29(18)11-10-24(30)25-21-14-20(31-2)8-9-23(21)27-15-22(25)26;2-1-3/h8-9,14-15,18-19,24,30H,3-7,10-13,16-17H2,1-2H3;1H,(H,2,3). The topological polar surface area (TPSA) is 86.1 Å². The predicted octanol–water partition coefficient (Wildman–Crippen LogP) is 4.09. The number of halogens is 1. The molecule has 8 heteroatoms. The Bertz CT molecular complexity index is 922. The minimum atomic E-state index is -0.870. The number of hydrogen-bond donors (Lipinski definition) is 2. The van der Waals surface area contributed by atoms with E-state index in [1.807, 2.05) is 0 Å². The second-order valence-corrected chi connectivity index (χ2v) is 9.46. The normalized spacial score (nSPS) is 21.0. The highest BCUT2D eigenvalue weighted by Gasteiger charge is 2.27. The van der Waals surface area contributed by atoms with Crippen molar-refractivity contribution in [2.75, 3.05) is 39.8 Å². The van der Waals surface area contributed by atoms with Gasteiger partial charge in [-0.1, -0.05) is 19.3 Å². The lowest BCUT2D eigenvalue weighted by Crippen LogP contribution is -2.53. The smallest absolute Gasteiger partial charge is 0.290 e. The summed E-state index contributed by atoms with van der Waals surface area (Å²) in [5, 5.41) is 18.4. The monoisotopic (exact) mass is 475 g/mol. The Hall–Kier alpha value is -2.29. The number of aliphatic hydroxyl groups excluding tert-OH is 1. The van der Waals surface area contributed by atoms with Gasteiger partial charge in [0.1, 0.15) is 11.6 Å². The van der Waals surface area contributed by atoms with Crippen LogP contribution in [0.15, 0.2) is 24.4 Å². The third kappa shape index (κ3) is 6.87. The molecule has 2 aromatic rings. The molecule has 1 aromatic heterocycles. The van der Waals surface area contributed by atoms with E-state index in [0.29, 0.717) is 34.7 Å². The summed E-state index contributed by atoms with van der Waals surface area (Å²) in [5.41, 5.74) is 0.994. The minimum Gasteiger partial charge on any atom is -0.497 e. The van der Waals surface area contributed by atoms with E-state index in [1.165, 1.54) is 44.8 Å². The van der Waals surface area contributed by atoms with Gasteiger partial charge < -0.3 is 19.8 Å². The van der Waals surface area contributed by atoms with E-state index in [9.17, 15) is 9.50 Å². The zero-order valence-electron chi connectivity index (χ0n) is 20.3. The molecule has 0 amide bonds. The molecular formula is C26H38FN3O4. The fourth-order valence-corrected chi connectivity index (χ4v) is 5.37. The Labute approximate surface area is 201 Å². The average molecular weight is 476 g/mol. The molecule has 0 radical (unpaired) electrons. The molecule has 188 valence electrons. The Kier molecular flexibility index (Phi) is 10.0. The van der Waals surface area contributed by atoms with Gasteiger partial charge in [-0.25, -0.2) is 4.39 Å². The Morgan fingerprint density at radius 1 is 1.26 bits per heavy atom. The molecule has 7 nitrogen and oxygen atoms in total. The second-order valence-electron chi connectivity index (χ2n) is 9.46. The molecule has 2 fully saturated rings. The Balaban J connectivity index is 0.00000103. The summed E-state index contributed by atoms with van der Waals surface area (Å²) in [6.45, 7) is 7.18. The number of ether oxygens (including phenoxy) is 1. The average Bonchev–Trinajstić information content (AvgIpc) is 2.84. The van der Waals surface area contributed by atoms with Crippen molar-refractivity contribution < 1.29 is 24.1 Å². The number of hydrogen-bond acceptors (Lipinski definition) is 6. The van der Waals surface area contributed by atoms with E-state index in [0.717, 1.165) is 32.1 Å². The number of piperazine rings is 1. The van der Waals surface area contributed by atoms with Crippen molar-refractivity contribution in [1.82, 2.24) is 14.8 Å². The summed E-state index contributed by atoms with van der Waals surface area (Å²) in [6.07, 6.45) is 7.80. The van der Waals surface area contributed by atoms with Gasteiger partial charge in [-0.15, -0.1) is 0 Å². The van der Waals surface area contributed by atoms with E-state index in [-0.39, 0.29) is 6.47 Å². The molecule has 2 heterocycles. The molecule has 1 aliphatic carbocycles. The van der Waals surface area contributed by atoms with Crippen LogP contribution in [0.2, 0.25) is 0 Å². The van der Waals surface area contributed by atoms with Crippen LogP contribution in [0.5, 0.6) is 5.75 Å². The Morgan fingerprint density at radius 3 is 2.68 bits per heavy atom. The van der Waals surface area contributed by atoms with E-state index in [2.05, 4.69) is 21.7 Å². The molecule has 2 atom stereocenters. The molecule has 2 N–H and O–H groups in total. The first-order valence-electron chi connectivity index (χ1n) is 12.3. The van der Waals surface area contributed by atoms with Gasteiger partial charge in [0.25, 0.3) is 6.47 Å². The van der Waals surface area contributed by atoms with Crippen molar-refractivity contribution in [3.8, 4) is 5.75 Å². The van der Waals surface area contributed by atoms with Crippen LogP contribution >= 0.6 is 0 Å². The highest BCUT2D eigenvalue weighted by Crippen LogP contribution is 2.31. The number of aromatic nitrogens is 1.